The van der Waals surface area contributed by atoms with Crippen molar-refractivity contribution in [2.45, 2.75) is 32.0 Å². The Hall–Kier alpha value is -7.98. The number of hydrogen-bond donors (Lipinski definition) is 0. The van der Waals surface area contributed by atoms with Gasteiger partial charge in [0.2, 0.25) is 0 Å². The van der Waals surface area contributed by atoms with Crippen LogP contribution in [0.1, 0.15) is 27.8 Å². The number of benzene rings is 11. The highest BCUT2D eigenvalue weighted by Gasteiger charge is 2.54. The van der Waals surface area contributed by atoms with Crippen LogP contribution in [0.5, 0.6) is 0 Å². The molecule has 0 atom stereocenters. The smallest absolute Gasteiger partial charge is 0.0775 e. The highest BCUT2D eigenvalue weighted by atomic mass is 28.3. The Morgan fingerprint density at radius 3 is 1.43 bits per heavy atom. The van der Waals surface area contributed by atoms with Crippen LogP contribution in [0.2, 0.25) is 19.6 Å². The lowest BCUT2D eigenvalue weighted by Crippen LogP contribution is -2.37. The molecular formula is C65H50N2Si. The Morgan fingerprint density at radius 1 is 0.338 bits per heavy atom. The van der Waals surface area contributed by atoms with E-state index in [1.165, 1.54) is 93.3 Å². The maximum Gasteiger partial charge on any atom is 0.0775 e. The number of hydrogen-bond acceptors (Lipinski definition) is 2. The molecule has 0 amide bonds. The molecule has 11 aromatic carbocycles. The second-order valence-corrected chi connectivity index (χ2v) is 24.8. The maximum absolute atomic E-state index is 2.58. The van der Waals surface area contributed by atoms with Crippen LogP contribution in [0, 0.1) is 6.92 Å². The summed E-state index contributed by atoms with van der Waals surface area (Å²) in [5.74, 6) is 0. The molecule has 0 bridgehead atoms. The zero-order valence-corrected chi connectivity index (χ0v) is 39.8. The molecule has 0 unspecified atom stereocenters. The number of fused-ring (bicyclic) bond motifs is 17. The maximum atomic E-state index is 2.58. The van der Waals surface area contributed by atoms with E-state index in [1.54, 1.807) is 0 Å². The summed E-state index contributed by atoms with van der Waals surface area (Å²) in [4.78, 5) is 4.91. The predicted molar refractivity (Wildman–Crippen MR) is 292 cm³/mol. The van der Waals surface area contributed by atoms with Crippen LogP contribution < -0.4 is 15.0 Å². The lowest BCUT2D eigenvalue weighted by Gasteiger charge is -2.34. The standard InChI is InChI=1S/C65H50N2Si/c1-43-31-33-46(34-32-43)66(44-19-7-5-8-20-44)48-37-40-56-57(41-48)50-23-11-13-27-54(50)63-62-55-28-14-12-26-53(55)61(67(45-21-9-6-10-22-45)47-35-38-49(39-36-47)68(2,3)4)42-60(62)65(64(56)63)58-29-17-15-24-51(58)52-25-16-18-30-59(52)65/h5-42H,1-4H3. The molecule has 0 saturated carbocycles. The summed E-state index contributed by atoms with van der Waals surface area (Å²) in [6.45, 7) is 9.44. The van der Waals surface area contributed by atoms with Gasteiger partial charge in [-0.3, -0.25) is 0 Å². The van der Waals surface area contributed by atoms with Gasteiger partial charge in [-0.25, -0.2) is 0 Å². The Kier molecular flexibility index (Phi) is 9.06. The van der Waals surface area contributed by atoms with E-state index in [1.807, 2.05) is 0 Å². The van der Waals surface area contributed by atoms with Crippen LogP contribution in [-0.4, -0.2) is 8.07 Å². The first-order chi connectivity index (χ1) is 33.3. The van der Waals surface area contributed by atoms with Gasteiger partial charge in [-0.05, 0) is 145 Å². The molecule has 0 N–H and O–H groups in total. The SMILES string of the molecule is Cc1ccc(N(c2ccccc2)c2ccc3c4c(c5ccccc5c3c2)-c2c(cc(N(c3ccccc3)c3ccc([Si](C)(C)C)cc3)c3ccccc23)C42c3ccccc3-c3ccccc32)cc1. The fraction of sp³-hybridized carbons (Fsp3) is 0.0769. The molecule has 3 heteroatoms. The molecule has 2 nitrogen and oxygen atoms in total. The molecular weight excluding hydrogens is 837 g/mol. The van der Waals surface area contributed by atoms with Gasteiger partial charge in [0.1, 0.15) is 0 Å². The van der Waals surface area contributed by atoms with E-state index < -0.39 is 13.5 Å². The van der Waals surface area contributed by atoms with E-state index in [4.69, 9.17) is 0 Å². The summed E-state index contributed by atoms with van der Waals surface area (Å²) in [6, 6.07) is 86.8. The number of para-hydroxylation sites is 2. The fourth-order valence-corrected chi connectivity index (χ4v) is 13.0. The van der Waals surface area contributed by atoms with Crippen molar-refractivity contribution in [3.8, 4) is 22.3 Å². The third kappa shape index (κ3) is 5.89. The average Bonchev–Trinajstić information content (AvgIpc) is 3.86. The quantitative estimate of drug-likeness (QED) is 0.116. The third-order valence-corrected chi connectivity index (χ3v) is 16.9. The summed E-state index contributed by atoms with van der Waals surface area (Å²) in [5, 5.41) is 8.98. The van der Waals surface area contributed by atoms with Crippen LogP contribution in [0.15, 0.2) is 231 Å². The van der Waals surface area contributed by atoms with Gasteiger partial charge in [0, 0.05) is 33.8 Å². The van der Waals surface area contributed by atoms with Crippen molar-refractivity contribution < 1.29 is 0 Å². The van der Waals surface area contributed by atoms with Crippen LogP contribution in [0.3, 0.4) is 0 Å². The van der Waals surface area contributed by atoms with Crippen LogP contribution in [0.4, 0.5) is 34.1 Å². The van der Waals surface area contributed by atoms with Gasteiger partial charge < -0.3 is 9.80 Å². The van der Waals surface area contributed by atoms with Gasteiger partial charge in [-0.2, -0.15) is 0 Å². The van der Waals surface area contributed by atoms with Gasteiger partial charge in [0.05, 0.1) is 19.2 Å². The number of nitrogens with zero attached hydrogens (tertiary/aromatic N) is 2. The van der Waals surface area contributed by atoms with Crippen LogP contribution >= 0.6 is 0 Å². The summed E-state index contributed by atoms with van der Waals surface area (Å²) in [6.07, 6.45) is 0. The molecule has 11 aromatic rings. The van der Waals surface area contributed by atoms with E-state index in [0.29, 0.717) is 0 Å². The summed E-state index contributed by atoms with van der Waals surface area (Å²) >= 11 is 0. The molecule has 324 valence electrons. The van der Waals surface area contributed by atoms with Gasteiger partial charge in [0.25, 0.3) is 0 Å². The van der Waals surface area contributed by atoms with Crippen molar-refractivity contribution in [3.05, 3.63) is 258 Å². The minimum absolute atomic E-state index is 0.624. The second-order valence-electron chi connectivity index (χ2n) is 19.7. The van der Waals surface area contributed by atoms with E-state index in [9.17, 15) is 0 Å². The second kappa shape index (κ2) is 15.3. The molecule has 2 aliphatic rings. The average molecular weight is 887 g/mol. The summed E-state index contributed by atoms with van der Waals surface area (Å²) in [7, 11) is -1.55. The minimum Gasteiger partial charge on any atom is -0.310 e. The predicted octanol–water partition coefficient (Wildman–Crippen LogP) is 17.3. The first-order valence-corrected chi connectivity index (χ1v) is 27.4. The highest BCUT2D eigenvalue weighted by Crippen LogP contribution is 2.67. The van der Waals surface area contributed by atoms with E-state index >= 15 is 0 Å². The summed E-state index contributed by atoms with van der Waals surface area (Å²) < 4.78 is 0. The largest absolute Gasteiger partial charge is 0.310 e. The number of aryl methyl sites for hydroxylation is 1. The Labute approximate surface area is 400 Å². The molecule has 0 radical (unpaired) electrons. The molecule has 0 aliphatic heterocycles. The molecule has 2 aliphatic carbocycles. The zero-order chi connectivity index (χ0) is 45.7. The molecule has 0 saturated heterocycles. The third-order valence-electron chi connectivity index (χ3n) is 14.8. The topological polar surface area (TPSA) is 6.48 Å². The normalized spacial score (nSPS) is 13.1. The lowest BCUT2D eigenvalue weighted by molar-refractivity contribution is 0.802. The van der Waals surface area contributed by atoms with Crippen LogP contribution in [-0.2, 0) is 5.41 Å². The number of anilines is 6. The van der Waals surface area contributed by atoms with E-state index in [-0.39, 0.29) is 0 Å². The molecule has 68 heavy (non-hydrogen) atoms. The molecule has 0 heterocycles. The van der Waals surface area contributed by atoms with Crippen LogP contribution in [0.25, 0.3) is 54.6 Å². The molecule has 1 spiro atoms. The Morgan fingerprint density at radius 2 is 0.809 bits per heavy atom. The molecule has 0 fully saturated rings. The van der Waals surface area contributed by atoms with Gasteiger partial charge >= 0.3 is 0 Å². The minimum atomic E-state index is -1.55. The van der Waals surface area contributed by atoms with Gasteiger partial charge in [-0.1, -0.05) is 194 Å². The van der Waals surface area contributed by atoms with Crippen molar-refractivity contribution in [1.29, 1.82) is 0 Å². The first-order valence-electron chi connectivity index (χ1n) is 23.9. The van der Waals surface area contributed by atoms with Crippen molar-refractivity contribution in [1.82, 2.24) is 0 Å². The van der Waals surface area contributed by atoms with Crippen molar-refractivity contribution in [2.24, 2.45) is 0 Å². The fourth-order valence-electron chi connectivity index (χ4n) is 11.8. The van der Waals surface area contributed by atoms with Gasteiger partial charge in [0.15, 0.2) is 0 Å². The number of rotatable bonds is 7. The molecule has 13 rings (SSSR count). The summed E-state index contributed by atoms with van der Waals surface area (Å²) in [5.41, 5.74) is 18.1. The van der Waals surface area contributed by atoms with E-state index in [2.05, 4.69) is 267 Å². The monoisotopic (exact) mass is 886 g/mol. The first kappa shape index (κ1) is 40.3. The zero-order valence-electron chi connectivity index (χ0n) is 38.8. The van der Waals surface area contributed by atoms with Gasteiger partial charge in [-0.15, -0.1) is 0 Å². The Bertz CT molecular complexity index is 3730. The molecule has 0 aromatic heterocycles. The highest BCUT2D eigenvalue weighted by molar-refractivity contribution is 6.88. The Balaban J connectivity index is 1.17. The van der Waals surface area contributed by atoms with Crippen molar-refractivity contribution in [3.63, 3.8) is 0 Å². The van der Waals surface area contributed by atoms with E-state index in [0.717, 1.165) is 28.4 Å². The van der Waals surface area contributed by atoms with Crippen molar-refractivity contribution in [2.75, 3.05) is 9.80 Å². The van der Waals surface area contributed by atoms with Crippen molar-refractivity contribution >= 4 is 79.7 Å². The lowest BCUT2D eigenvalue weighted by atomic mass is 9.69.